The lowest BCUT2D eigenvalue weighted by molar-refractivity contribution is 0.603. The number of thiazole rings is 1. The van der Waals surface area contributed by atoms with Crippen LogP contribution in [0.15, 0.2) is 4.21 Å². The van der Waals surface area contributed by atoms with Crippen LogP contribution in [0.2, 0.25) is 0 Å². The lowest BCUT2D eigenvalue weighted by Crippen LogP contribution is -1.95. The van der Waals surface area contributed by atoms with Crippen molar-refractivity contribution in [2.75, 3.05) is 6.26 Å². The summed E-state index contributed by atoms with van der Waals surface area (Å²) in [4.78, 5) is 4.02. The second-order valence-corrected chi connectivity index (χ2v) is 5.79. The minimum Gasteiger partial charge on any atom is -0.245 e. The summed E-state index contributed by atoms with van der Waals surface area (Å²) in [7, 11) is -3.06. The zero-order valence-corrected chi connectivity index (χ0v) is 8.21. The van der Waals surface area contributed by atoms with Crippen LogP contribution in [0, 0.1) is 13.8 Å². The number of nitrogens with zero attached hydrogens (tertiary/aromatic N) is 1. The van der Waals surface area contributed by atoms with E-state index in [1.54, 1.807) is 13.8 Å². The SMILES string of the molecule is Cc1nc(C)c(S(C)(=O)=O)s1. The van der Waals surface area contributed by atoms with E-state index in [-0.39, 0.29) is 0 Å². The van der Waals surface area contributed by atoms with Gasteiger partial charge >= 0.3 is 0 Å². The van der Waals surface area contributed by atoms with Crippen LogP contribution in [-0.2, 0) is 9.84 Å². The summed E-state index contributed by atoms with van der Waals surface area (Å²) < 4.78 is 22.5. The van der Waals surface area contributed by atoms with Gasteiger partial charge in [0.2, 0.25) is 0 Å². The molecular weight excluding hydrogens is 182 g/mol. The monoisotopic (exact) mass is 191 g/mol. The minimum absolute atomic E-state index is 0.384. The molecule has 0 amide bonds. The Kier molecular flexibility index (Phi) is 2.02. The Labute approximate surface area is 70.0 Å². The Morgan fingerprint density at radius 3 is 2.09 bits per heavy atom. The van der Waals surface area contributed by atoms with Crippen LogP contribution in [0.4, 0.5) is 0 Å². The van der Waals surface area contributed by atoms with Gasteiger partial charge in [-0.05, 0) is 13.8 Å². The molecule has 3 nitrogen and oxygen atoms in total. The molecule has 1 aromatic heterocycles. The zero-order valence-electron chi connectivity index (χ0n) is 6.58. The van der Waals surface area contributed by atoms with E-state index >= 15 is 0 Å². The Bertz CT molecular complexity index is 364. The van der Waals surface area contributed by atoms with E-state index in [9.17, 15) is 8.42 Å². The highest BCUT2D eigenvalue weighted by molar-refractivity contribution is 7.92. The highest BCUT2D eigenvalue weighted by Crippen LogP contribution is 2.21. The fraction of sp³-hybridized carbons (Fsp3) is 0.500. The average molecular weight is 191 g/mol. The van der Waals surface area contributed by atoms with Crippen LogP contribution >= 0.6 is 11.3 Å². The van der Waals surface area contributed by atoms with Crippen molar-refractivity contribution in [3.05, 3.63) is 10.7 Å². The van der Waals surface area contributed by atoms with Gasteiger partial charge in [-0.25, -0.2) is 13.4 Å². The molecular formula is C6H9NO2S2. The summed E-state index contributed by atoms with van der Waals surface area (Å²) >= 11 is 1.22. The molecule has 0 atom stereocenters. The van der Waals surface area contributed by atoms with Crippen LogP contribution in [0.3, 0.4) is 0 Å². The topological polar surface area (TPSA) is 47.0 Å². The van der Waals surface area contributed by atoms with Crippen LogP contribution in [0.5, 0.6) is 0 Å². The third kappa shape index (κ3) is 1.78. The first-order valence-electron chi connectivity index (χ1n) is 3.05. The molecule has 0 radical (unpaired) electrons. The van der Waals surface area contributed by atoms with Gasteiger partial charge in [0.05, 0.1) is 10.7 Å². The van der Waals surface area contributed by atoms with Gasteiger partial charge in [-0.15, -0.1) is 11.3 Å². The molecule has 0 saturated heterocycles. The molecule has 5 heteroatoms. The van der Waals surface area contributed by atoms with E-state index in [0.717, 1.165) is 5.01 Å². The van der Waals surface area contributed by atoms with Gasteiger partial charge in [0.15, 0.2) is 9.84 Å². The molecule has 0 saturated carbocycles. The third-order valence-electron chi connectivity index (χ3n) is 1.20. The first-order valence-corrected chi connectivity index (χ1v) is 5.76. The predicted octanol–water partition coefficient (Wildman–Crippen LogP) is 1.16. The molecule has 1 aromatic rings. The van der Waals surface area contributed by atoms with E-state index in [0.29, 0.717) is 9.90 Å². The van der Waals surface area contributed by atoms with Crippen molar-refractivity contribution in [2.24, 2.45) is 0 Å². The van der Waals surface area contributed by atoms with Gasteiger partial charge in [-0.3, -0.25) is 0 Å². The molecule has 11 heavy (non-hydrogen) atoms. The van der Waals surface area contributed by atoms with Crippen molar-refractivity contribution in [3.63, 3.8) is 0 Å². The number of sulfone groups is 1. The molecule has 0 bridgehead atoms. The molecule has 0 spiro atoms. The summed E-state index contributed by atoms with van der Waals surface area (Å²) in [5, 5.41) is 0.794. The number of aryl methyl sites for hydroxylation is 2. The van der Waals surface area contributed by atoms with Crippen LogP contribution in [-0.4, -0.2) is 19.7 Å². The Morgan fingerprint density at radius 2 is 1.91 bits per heavy atom. The van der Waals surface area contributed by atoms with Gasteiger partial charge < -0.3 is 0 Å². The number of hydrogen-bond acceptors (Lipinski definition) is 4. The normalized spacial score (nSPS) is 11.9. The number of rotatable bonds is 1. The first kappa shape index (κ1) is 8.67. The van der Waals surface area contributed by atoms with Crippen LogP contribution in [0.1, 0.15) is 10.7 Å². The van der Waals surface area contributed by atoms with E-state index < -0.39 is 9.84 Å². The van der Waals surface area contributed by atoms with Crippen LogP contribution < -0.4 is 0 Å². The summed E-state index contributed by atoms with van der Waals surface area (Å²) in [5.74, 6) is 0. The van der Waals surface area contributed by atoms with E-state index in [1.165, 1.54) is 17.6 Å². The molecule has 0 N–H and O–H groups in total. The molecule has 0 aliphatic heterocycles. The molecule has 0 aromatic carbocycles. The van der Waals surface area contributed by atoms with Crippen molar-refractivity contribution in [1.82, 2.24) is 4.98 Å². The maximum absolute atomic E-state index is 11.0. The second-order valence-electron chi connectivity index (χ2n) is 2.38. The average Bonchev–Trinajstić information content (AvgIpc) is 2.08. The molecule has 0 aliphatic rings. The van der Waals surface area contributed by atoms with Crippen molar-refractivity contribution < 1.29 is 8.42 Å². The lowest BCUT2D eigenvalue weighted by Gasteiger charge is -1.90. The lowest BCUT2D eigenvalue weighted by atomic mass is 10.6. The predicted molar refractivity (Wildman–Crippen MR) is 44.7 cm³/mol. The Morgan fingerprint density at radius 1 is 1.36 bits per heavy atom. The fourth-order valence-corrected chi connectivity index (χ4v) is 3.05. The van der Waals surface area contributed by atoms with Crippen molar-refractivity contribution >= 4 is 21.2 Å². The highest BCUT2D eigenvalue weighted by Gasteiger charge is 2.14. The van der Waals surface area contributed by atoms with Crippen molar-refractivity contribution in [3.8, 4) is 0 Å². The zero-order chi connectivity index (χ0) is 8.65. The van der Waals surface area contributed by atoms with Gasteiger partial charge in [0.25, 0.3) is 0 Å². The number of aromatic nitrogens is 1. The summed E-state index contributed by atoms with van der Waals surface area (Å²) in [6, 6.07) is 0. The minimum atomic E-state index is -3.06. The largest absolute Gasteiger partial charge is 0.245 e. The quantitative estimate of drug-likeness (QED) is 0.669. The van der Waals surface area contributed by atoms with Gasteiger partial charge in [0.1, 0.15) is 4.21 Å². The Balaban J connectivity index is 3.36. The third-order valence-corrected chi connectivity index (χ3v) is 4.19. The molecule has 0 fully saturated rings. The van der Waals surface area contributed by atoms with Crippen molar-refractivity contribution in [2.45, 2.75) is 18.1 Å². The Hall–Kier alpha value is -0.420. The fourth-order valence-electron chi connectivity index (χ4n) is 0.857. The van der Waals surface area contributed by atoms with Gasteiger partial charge in [-0.2, -0.15) is 0 Å². The van der Waals surface area contributed by atoms with Crippen molar-refractivity contribution in [1.29, 1.82) is 0 Å². The van der Waals surface area contributed by atoms with Gasteiger partial charge in [-0.1, -0.05) is 0 Å². The standard InChI is InChI=1S/C6H9NO2S2/c1-4-6(11(3,8)9)10-5(2)7-4/h1-3H3. The summed E-state index contributed by atoms with van der Waals surface area (Å²) in [6.45, 7) is 3.51. The van der Waals surface area contributed by atoms with Crippen LogP contribution in [0.25, 0.3) is 0 Å². The summed E-state index contributed by atoms with van der Waals surface area (Å²) in [5.41, 5.74) is 0.606. The molecule has 1 heterocycles. The molecule has 0 aliphatic carbocycles. The summed E-state index contributed by atoms with van der Waals surface area (Å²) in [6.07, 6.45) is 1.20. The van der Waals surface area contributed by atoms with E-state index in [1.807, 2.05) is 0 Å². The maximum Gasteiger partial charge on any atom is 0.186 e. The molecule has 62 valence electrons. The smallest absolute Gasteiger partial charge is 0.186 e. The van der Waals surface area contributed by atoms with E-state index in [4.69, 9.17) is 0 Å². The van der Waals surface area contributed by atoms with E-state index in [2.05, 4.69) is 4.98 Å². The number of hydrogen-bond donors (Lipinski definition) is 0. The highest BCUT2D eigenvalue weighted by atomic mass is 32.2. The molecule has 0 unspecified atom stereocenters. The second kappa shape index (κ2) is 2.57. The maximum atomic E-state index is 11.0. The first-order chi connectivity index (χ1) is 4.91. The van der Waals surface area contributed by atoms with Gasteiger partial charge in [0, 0.05) is 6.26 Å². The molecule has 1 rings (SSSR count).